The molecule has 0 aromatic heterocycles. The van der Waals surface area contributed by atoms with E-state index in [-0.39, 0.29) is 6.54 Å². The second-order valence-corrected chi connectivity index (χ2v) is 6.47. The third-order valence-corrected chi connectivity index (χ3v) is 4.26. The van der Waals surface area contributed by atoms with E-state index in [0.717, 1.165) is 27.8 Å². The maximum atomic E-state index is 11.5. The summed E-state index contributed by atoms with van der Waals surface area (Å²) in [4.78, 5) is 0. The molecule has 0 fully saturated rings. The molecule has 18 heavy (non-hydrogen) atoms. The van der Waals surface area contributed by atoms with Crippen molar-refractivity contribution >= 4 is 26.1 Å². The lowest BCUT2D eigenvalue weighted by atomic mass is 10.1. The molecule has 1 aliphatic rings. The van der Waals surface area contributed by atoms with Crippen molar-refractivity contribution < 1.29 is 13.2 Å². The predicted molar refractivity (Wildman–Crippen MR) is 72.8 cm³/mol. The van der Waals surface area contributed by atoms with Gasteiger partial charge in [0.2, 0.25) is 0 Å². The SMILES string of the molecule is CCNS(=O)(=O)NCc1cc(Br)cc2c1OCC2. The number of nitrogens with one attached hydrogen (secondary N) is 2. The van der Waals surface area contributed by atoms with Gasteiger partial charge < -0.3 is 4.74 Å². The minimum atomic E-state index is -3.43. The molecule has 0 saturated carbocycles. The lowest BCUT2D eigenvalue weighted by Gasteiger charge is -2.10. The zero-order valence-corrected chi connectivity index (χ0v) is 12.4. The van der Waals surface area contributed by atoms with E-state index >= 15 is 0 Å². The summed E-state index contributed by atoms with van der Waals surface area (Å²) in [6, 6.07) is 3.88. The first-order chi connectivity index (χ1) is 8.52. The largest absolute Gasteiger partial charge is 0.493 e. The zero-order chi connectivity index (χ0) is 13.2. The molecular weight excluding hydrogens is 320 g/mol. The fourth-order valence-electron chi connectivity index (χ4n) is 1.89. The fourth-order valence-corrected chi connectivity index (χ4v) is 3.27. The van der Waals surface area contributed by atoms with Crippen molar-refractivity contribution in [3.8, 4) is 5.75 Å². The van der Waals surface area contributed by atoms with E-state index in [1.54, 1.807) is 6.92 Å². The topological polar surface area (TPSA) is 67.4 Å². The first kappa shape index (κ1) is 13.8. The minimum Gasteiger partial charge on any atom is -0.493 e. The van der Waals surface area contributed by atoms with Gasteiger partial charge in [-0.05, 0) is 17.7 Å². The molecule has 0 unspecified atom stereocenters. The standard InChI is InChI=1S/C11H15BrN2O3S/c1-2-13-18(15,16)14-7-9-6-10(12)5-8-3-4-17-11(8)9/h5-6,13-14H,2-4,7H2,1H3. The molecule has 0 spiro atoms. The molecule has 100 valence electrons. The molecule has 0 atom stereocenters. The monoisotopic (exact) mass is 334 g/mol. The summed E-state index contributed by atoms with van der Waals surface area (Å²) in [7, 11) is -3.43. The number of hydrogen-bond acceptors (Lipinski definition) is 3. The van der Waals surface area contributed by atoms with Crippen LogP contribution in [0.3, 0.4) is 0 Å². The molecule has 1 aromatic carbocycles. The summed E-state index contributed by atoms with van der Waals surface area (Å²) in [5.74, 6) is 0.803. The smallest absolute Gasteiger partial charge is 0.277 e. The van der Waals surface area contributed by atoms with Crippen LogP contribution in [0, 0.1) is 0 Å². The summed E-state index contributed by atoms with van der Waals surface area (Å²) in [6.07, 6.45) is 0.863. The Hall–Kier alpha value is -0.630. The van der Waals surface area contributed by atoms with Gasteiger partial charge in [-0.1, -0.05) is 22.9 Å². The minimum absolute atomic E-state index is 0.219. The Morgan fingerprint density at radius 3 is 2.89 bits per heavy atom. The molecule has 7 heteroatoms. The van der Waals surface area contributed by atoms with E-state index < -0.39 is 10.2 Å². The van der Waals surface area contributed by atoms with Gasteiger partial charge in [0.15, 0.2) is 0 Å². The molecule has 0 saturated heterocycles. The maximum absolute atomic E-state index is 11.5. The van der Waals surface area contributed by atoms with Crippen LogP contribution < -0.4 is 14.2 Å². The highest BCUT2D eigenvalue weighted by Crippen LogP contribution is 2.32. The molecule has 5 nitrogen and oxygen atoms in total. The average Bonchev–Trinajstić information content (AvgIpc) is 2.73. The summed E-state index contributed by atoms with van der Waals surface area (Å²) >= 11 is 3.42. The van der Waals surface area contributed by atoms with Gasteiger partial charge in [0.05, 0.1) is 6.61 Å². The lowest BCUT2D eigenvalue weighted by Crippen LogP contribution is -2.35. The van der Waals surface area contributed by atoms with Crippen LogP contribution in [0.4, 0.5) is 0 Å². The van der Waals surface area contributed by atoms with Crippen LogP contribution in [0.25, 0.3) is 0 Å². The van der Waals surface area contributed by atoms with E-state index in [0.29, 0.717) is 13.2 Å². The first-order valence-electron chi connectivity index (χ1n) is 5.70. The molecule has 0 aliphatic carbocycles. The summed E-state index contributed by atoms with van der Waals surface area (Å²) in [5, 5.41) is 0. The van der Waals surface area contributed by atoms with Crippen LogP contribution in [0.5, 0.6) is 5.75 Å². The van der Waals surface area contributed by atoms with E-state index in [2.05, 4.69) is 25.4 Å². The van der Waals surface area contributed by atoms with Crippen LogP contribution in [0.2, 0.25) is 0 Å². The average molecular weight is 335 g/mol. The number of hydrogen-bond donors (Lipinski definition) is 2. The van der Waals surface area contributed by atoms with Gasteiger partial charge in [-0.15, -0.1) is 0 Å². The van der Waals surface area contributed by atoms with Crippen molar-refractivity contribution in [2.24, 2.45) is 0 Å². The number of benzene rings is 1. The number of fused-ring (bicyclic) bond motifs is 1. The second kappa shape index (κ2) is 5.56. The Morgan fingerprint density at radius 1 is 1.39 bits per heavy atom. The van der Waals surface area contributed by atoms with Crippen molar-refractivity contribution in [1.29, 1.82) is 0 Å². The molecule has 1 aliphatic heterocycles. The maximum Gasteiger partial charge on any atom is 0.277 e. The number of halogens is 1. The number of ether oxygens (including phenoxy) is 1. The van der Waals surface area contributed by atoms with Crippen LogP contribution in [0.1, 0.15) is 18.1 Å². The van der Waals surface area contributed by atoms with Crippen molar-refractivity contribution in [2.45, 2.75) is 19.9 Å². The molecule has 2 rings (SSSR count). The van der Waals surface area contributed by atoms with Gasteiger partial charge in [-0.3, -0.25) is 0 Å². The van der Waals surface area contributed by atoms with E-state index in [9.17, 15) is 8.42 Å². The zero-order valence-electron chi connectivity index (χ0n) is 9.99. The highest BCUT2D eigenvalue weighted by molar-refractivity contribution is 9.10. The Labute approximate surface area is 115 Å². The summed E-state index contributed by atoms with van der Waals surface area (Å²) in [5.41, 5.74) is 1.96. The predicted octanol–water partition coefficient (Wildman–Crippen LogP) is 1.33. The lowest BCUT2D eigenvalue weighted by molar-refractivity contribution is 0.353. The second-order valence-electron chi connectivity index (χ2n) is 3.97. The van der Waals surface area contributed by atoms with E-state index in [4.69, 9.17) is 4.74 Å². The summed E-state index contributed by atoms with van der Waals surface area (Å²) in [6.45, 7) is 2.97. The third kappa shape index (κ3) is 3.23. The van der Waals surface area contributed by atoms with Crippen LogP contribution >= 0.6 is 15.9 Å². The quantitative estimate of drug-likeness (QED) is 0.853. The first-order valence-corrected chi connectivity index (χ1v) is 7.98. The Kier molecular flexibility index (Phi) is 4.26. The summed E-state index contributed by atoms with van der Waals surface area (Å²) < 4.78 is 34.4. The molecule has 1 aromatic rings. The Bertz CT molecular complexity index is 545. The van der Waals surface area contributed by atoms with E-state index in [1.807, 2.05) is 12.1 Å². The number of rotatable bonds is 5. The Morgan fingerprint density at radius 2 is 2.17 bits per heavy atom. The van der Waals surface area contributed by atoms with Crippen LogP contribution in [-0.2, 0) is 23.2 Å². The molecule has 0 radical (unpaired) electrons. The van der Waals surface area contributed by atoms with Gasteiger partial charge in [-0.25, -0.2) is 4.72 Å². The van der Waals surface area contributed by atoms with E-state index in [1.165, 1.54) is 0 Å². The van der Waals surface area contributed by atoms with Gasteiger partial charge >= 0.3 is 0 Å². The van der Waals surface area contributed by atoms with Gasteiger partial charge in [0.1, 0.15) is 5.75 Å². The Balaban J connectivity index is 2.15. The van der Waals surface area contributed by atoms with Gasteiger partial charge in [0.25, 0.3) is 10.2 Å². The molecule has 0 bridgehead atoms. The van der Waals surface area contributed by atoms with Crippen LogP contribution in [0.15, 0.2) is 16.6 Å². The molecule has 1 heterocycles. The van der Waals surface area contributed by atoms with Crippen molar-refractivity contribution in [3.63, 3.8) is 0 Å². The molecular formula is C11H15BrN2O3S. The highest BCUT2D eigenvalue weighted by atomic mass is 79.9. The van der Waals surface area contributed by atoms with Crippen molar-refractivity contribution in [2.75, 3.05) is 13.2 Å². The van der Waals surface area contributed by atoms with Gasteiger partial charge in [0, 0.05) is 29.5 Å². The highest BCUT2D eigenvalue weighted by Gasteiger charge is 2.18. The molecule has 2 N–H and O–H groups in total. The van der Waals surface area contributed by atoms with Crippen molar-refractivity contribution in [3.05, 3.63) is 27.7 Å². The van der Waals surface area contributed by atoms with Crippen molar-refractivity contribution in [1.82, 2.24) is 9.44 Å². The fraction of sp³-hybridized carbons (Fsp3) is 0.455. The molecule has 0 amide bonds. The van der Waals surface area contributed by atoms with Crippen LogP contribution in [-0.4, -0.2) is 21.6 Å². The normalized spacial score (nSPS) is 14.3. The van der Waals surface area contributed by atoms with Gasteiger partial charge in [-0.2, -0.15) is 13.1 Å². The third-order valence-electron chi connectivity index (χ3n) is 2.61.